The maximum absolute atomic E-state index is 12.8. The number of unbranched alkanes of at least 4 members (excludes halogenated alkanes) is 23. The third-order valence-corrected chi connectivity index (χ3v) is 12.2. The fraction of sp³-hybridized carbons (Fsp3) is 0.768. The van der Waals surface area contributed by atoms with E-state index in [1.54, 1.807) is 0 Å². The zero-order valence-electron chi connectivity index (χ0n) is 42.9. The molecule has 0 N–H and O–H groups in total. The number of rotatable bonds is 49. The number of likely N-dealkylation sites (N-methyl/N-ethyl adjacent to an activating group) is 1. The zero-order valence-corrected chi connectivity index (χ0v) is 43.8. The van der Waals surface area contributed by atoms with E-state index in [0.29, 0.717) is 24.1 Å². The van der Waals surface area contributed by atoms with Gasteiger partial charge < -0.3 is 27.9 Å². The molecule has 0 radical (unpaired) electrons. The lowest BCUT2D eigenvalue weighted by molar-refractivity contribution is -0.870. The van der Waals surface area contributed by atoms with E-state index >= 15 is 0 Å². The molecule has 378 valence electrons. The summed E-state index contributed by atoms with van der Waals surface area (Å²) in [5.74, 6) is -0.344. The summed E-state index contributed by atoms with van der Waals surface area (Å²) in [6.07, 6.45) is 63.6. The van der Waals surface area contributed by atoms with E-state index < -0.39 is 13.9 Å². The van der Waals surface area contributed by atoms with Crippen molar-refractivity contribution in [2.75, 3.05) is 54.1 Å². The number of esters is 1. The second-order valence-electron chi connectivity index (χ2n) is 18.9. The van der Waals surface area contributed by atoms with Crippen LogP contribution in [-0.2, 0) is 27.9 Å². The van der Waals surface area contributed by atoms with E-state index in [2.05, 4.69) is 86.8 Å². The Morgan fingerprint density at radius 3 is 1.32 bits per heavy atom. The summed E-state index contributed by atoms with van der Waals surface area (Å²) in [4.78, 5) is 25.2. The number of carbonyl (C=O) groups excluding carboxylic acids is 1. The van der Waals surface area contributed by atoms with Crippen molar-refractivity contribution in [3.05, 3.63) is 72.9 Å². The molecule has 0 spiro atoms. The van der Waals surface area contributed by atoms with Crippen LogP contribution < -0.4 is 4.89 Å². The minimum atomic E-state index is -4.54. The van der Waals surface area contributed by atoms with Crippen molar-refractivity contribution in [3.63, 3.8) is 0 Å². The number of carbonyl (C=O) groups is 1. The molecule has 0 aromatic heterocycles. The lowest BCUT2D eigenvalue weighted by Gasteiger charge is -2.28. The number of allylic oxidation sites excluding steroid dienone is 12. The predicted molar refractivity (Wildman–Crippen MR) is 277 cm³/mol. The van der Waals surface area contributed by atoms with Crippen molar-refractivity contribution in [3.8, 4) is 0 Å². The first-order valence-corrected chi connectivity index (χ1v) is 28.1. The molecule has 0 aliphatic carbocycles. The summed E-state index contributed by atoms with van der Waals surface area (Å²) in [5.41, 5.74) is 0. The highest BCUT2D eigenvalue weighted by Gasteiger charge is 2.20. The van der Waals surface area contributed by atoms with Crippen LogP contribution in [0.2, 0.25) is 0 Å². The number of nitrogens with zero attached hydrogens (tertiary/aromatic N) is 1. The molecule has 0 aliphatic heterocycles. The average molecular weight is 932 g/mol. The van der Waals surface area contributed by atoms with Gasteiger partial charge in [0.25, 0.3) is 7.82 Å². The van der Waals surface area contributed by atoms with Crippen molar-refractivity contribution >= 4 is 13.8 Å². The van der Waals surface area contributed by atoms with Crippen molar-refractivity contribution in [1.29, 1.82) is 0 Å². The number of quaternary nitrogens is 1. The third kappa shape index (κ3) is 52.8. The number of ether oxygens (including phenoxy) is 2. The molecule has 0 aromatic carbocycles. The van der Waals surface area contributed by atoms with Gasteiger partial charge >= 0.3 is 5.97 Å². The van der Waals surface area contributed by atoms with Crippen LogP contribution in [0.15, 0.2) is 72.9 Å². The van der Waals surface area contributed by atoms with E-state index in [1.807, 2.05) is 21.1 Å². The monoisotopic (exact) mass is 932 g/mol. The van der Waals surface area contributed by atoms with E-state index in [1.165, 1.54) is 116 Å². The summed E-state index contributed by atoms with van der Waals surface area (Å²) >= 11 is 0. The number of phosphoric acid groups is 1. The van der Waals surface area contributed by atoms with E-state index in [4.69, 9.17) is 18.5 Å². The van der Waals surface area contributed by atoms with E-state index in [9.17, 15) is 14.3 Å². The maximum Gasteiger partial charge on any atom is 0.306 e. The Labute approximate surface area is 402 Å². The lowest BCUT2D eigenvalue weighted by Crippen LogP contribution is -2.37. The van der Waals surface area contributed by atoms with Gasteiger partial charge in [0.05, 0.1) is 34.4 Å². The Balaban J connectivity index is 4.19. The molecule has 0 heterocycles. The second-order valence-corrected chi connectivity index (χ2v) is 20.3. The van der Waals surface area contributed by atoms with Gasteiger partial charge in [0, 0.05) is 13.0 Å². The molecule has 65 heavy (non-hydrogen) atoms. The first-order chi connectivity index (χ1) is 31.6. The summed E-state index contributed by atoms with van der Waals surface area (Å²) in [6, 6.07) is 0. The van der Waals surface area contributed by atoms with Crippen LogP contribution in [0, 0.1) is 0 Å². The number of phosphoric ester groups is 1. The van der Waals surface area contributed by atoms with Gasteiger partial charge in [-0.1, -0.05) is 222 Å². The van der Waals surface area contributed by atoms with E-state index in [0.717, 1.165) is 83.5 Å². The highest BCUT2D eigenvalue weighted by molar-refractivity contribution is 7.45. The zero-order chi connectivity index (χ0) is 47.6. The number of hydrogen-bond donors (Lipinski definition) is 0. The molecule has 2 atom stereocenters. The molecule has 2 unspecified atom stereocenters. The van der Waals surface area contributed by atoms with Crippen LogP contribution >= 0.6 is 7.82 Å². The van der Waals surface area contributed by atoms with Gasteiger partial charge in [-0.05, 0) is 64.2 Å². The SMILES string of the molecule is CC/C=C\C/C=C\C/C=C\C/C=C\C/C=C\C/C=C\CCCCCOCC(COP(=O)([O-])OCC[N+](C)(C)C)OC(=O)CCCCCCCCCCCCCCCCCCCCCCC. The summed E-state index contributed by atoms with van der Waals surface area (Å²) in [5, 5.41) is 0. The molecule has 0 amide bonds. The molecular weight excluding hydrogens is 830 g/mol. The molecule has 0 saturated carbocycles. The molecule has 0 saturated heterocycles. The molecule has 9 heteroatoms. The Bertz CT molecular complexity index is 1270. The van der Waals surface area contributed by atoms with Crippen LogP contribution in [0.4, 0.5) is 0 Å². The lowest BCUT2D eigenvalue weighted by atomic mass is 10.0. The van der Waals surface area contributed by atoms with Crippen molar-refractivity contribution < 1.29 is 37.3 Å². The predicted octanol–water partition coefficient (Wildman–Crippen LogP) is 16.0. The van der Waals surface area contributed by atoms with Gasteiger partial charge in [-0.25, -0.2) is 0 Å². The molecule has 8 nitrogen and oxygen atoms in total. The summed E-state index contributed by atoms with van der Waals surface area (Å²) in [7, 11) is 1.33. The normalized spacial score (nSPS) is 14.1. The molecule has 0 aliphatic rings. The van der Waals surface area contributed by atoms with Crippen LogP contribution in [0.5, 0.6) is 0 Å². The first-order valence-electron chi connectivity index (χ1n) is 26.7. The van der Waals surface area contributed by atoms with Crippen molar-refractivity contribution in [2.45, 2.75) is 225 Å². The van der Waals surface area contributed by atoms with Crippen LogP contribution in [0.25, 0.3) is 0 Å². The minimum absolute atomic E-state index is 0.0171. The average Bonchev–Trinajstić information content (AvgIpc) is 3.27. The molecule has 0 fully saturated rings. The Kier molecular flexibility index (Phi) is 46.9. The van der Waals surface area contributed by atoms with Crippen LogP contribution in [0.3, 0.4) is 0 Å². The molecule has 0 bridgehead atoms. The summed E-state index contributed by atoms with van der Waals surface area (Å²) < 4.78 is 34.7. The maximum atomic E-state index is 12.8. The highest BCUT2D eigenvalue weighted by atomic mass is 31.2. The largest absolute Gasteiger partial charge is 0.756 e. The highest BCUT2D eigenvalue weighted by Crippen LogP contribution is 2.38. The standard InChI is InChI=1S/C56H102NO7P/c1-6-8-10-12-14-16-18-20-22-24-26-28-30-32-34-36-38-40-42-44-46-48-51-61-53-55(54-63-65(59,60)62-52-50-57(3,4)5)64-56(58)49-47-45-43-41-39-37-35-33-31-29-27-25-23-21-19-17-15-13-11-9-7-2/h8,10,14,16,20,22,26,28,32,34,38,40,55H,6-7,9,11-13,15,17-19,21,23-25,27,29-31,33,35-37,39,41-54H2,1-5H3/b10-8-,16-14-,22-20-,28-26-,34-32-,40-38-. The Hall–Kier alpha value is -2.06. The molecule has 0 rings (SSSR count). The van der Waals surface area contributed by atoms with Gasteiger partial charge in [0.15, 0.2) is 0 Å². The van der Waals surface area contributed by atoms with Crippen LogP contribution in [0.1, 0.15) is 219 Å². The Morgan fingerprint density at radius 1 is 0.492 bits per heavy atom. The number of hydrogen-bond acceptors (Lipinski definition) is 7. The Morgan fingerprint density at radius 2 is 0.892 bits per heavy atom. The fourth-order valence-electron chi connectivity index (χ4n) is 7.20. The van der Waals surface area contributed by atoms with Gasteiger partial charge in [-0.2, -0.15) is 0 Å². The van der Waals surface area contributed by atoms with Gasteiger partial charge in [0.2, 0.25) is 0 Å². The molecular formula is C56H102NO7P. The van der Waals surface area contributed by atoms with Crippen molar-refractivity contribution in [2.24, 2.45) is 0 Å². The van der Waals surface area contributed by atoms with Gasteiger partial charge in [0.1, 0.15) is 19.3 Å². The smallest absolute Gasteiger partial charge is 0.306 e. The molecule has 0 aromatic rings. The fourth-order valence-corrected chi connectivity index (χ4v) is 7.93. The second kappa shape index (κ2) is 48.4. The summed E-state index contributed by atoms with van der Waals surface area (Å²) in [6.45, 7) is 5.23. The quantitative estimate of drug-likeness (QED) is 0.0197. The first kappa shape index (κ1) is 62.9. The van der Waals surface area contributed by atoms with Crippen LogP contribution in [-0.4, -0.2) is 70.7 Å². The van der Waals surface area contributed by atoms with Gasteiger partial charge in [-0.15, -0.1) is 0 Å². The third-order valence-electron chi connectivity index (χ3n) is 11.3. The topological polar surface area (TPSA) is 94.1 Å². The van der Waals surface area contributed by atoms with Crippen molar-refractivity contribution in [1.82, 2.24) is 0 Å². The van der Waals surface area contributed by atoms with E-state index in [-0.39, 0.29) is 25.8 Å². The van der Waals surface area contributed by atoms with Gasteiger partial charge in [-0.3, -0.25) is 9.36 Å². The minimum Gasteiger partial charge on any atom is -0.756 e.